The van der Waals surface area contributed by atoms with Crippen LogP contribution in [-0.2, 0) is 9.59 Å². The van der Waals surface area contributed by atoms with Crippen molar-refractivity contribution in [3.63, 3.8) is 0 Å². The molecule has 1 saturated heterocycles. The number of thioether (sulfide) groups is 1. The summed E-state index contributed by atoms with van der Waals surface area (Å²) in [5.74, 6) is -0.529. The lowest BCUT2D eigenvalue weighted by atomic mass is 9.93. The molecule has 0 unspecified atom stereocenters. The standard InChI is InChI=1S/C15H17FN4O3S2/c16-9-5-17-14(18-6-9)23-11-3-1-10(2-4-11)19-12(21)7-20-13(22)8-25-15(20)24/h5-6,10-11H,1-4,7-8H2,(H,19,21). The number of aromatic nitrogens is 2. The van der Waals surface area contributed by atoms with Crippen LogP contribution in [0.25, 0.3) is 0 Å². The average Bonchev–Trinajstić information content (AvgIpc) is 2.90. The average molecular weight is 384 g/mol. The highest BCUT2D eigenvalue weighted by Crippen LogP contribution is 2.23. The summed E-state index contributed by atoms with van der Waals surface area (Å²) in [4.78, 5) is 32.6. The van der Waals surface area contributed by atoms with E-state index >= 15 is 0 Å². The number of hydrogen-bond acceptors (Lipinski definition) is 7. The normalized spacial score (nSPS) is 23.6. The molecule has 1 aliphatic carbocycles. The van der Waals surface area contributed by atoms with Crippen LogP contribution in [-0.4, -0.2) is 55.4 Å². The van der Waals surface area contributed by atoms with Gasteiger partial charge in [0.1, 0.15) is 17.0 Å². The first-order valence-corrected chi connectivity index (χ1v) is 9.31. The van der Waals surface area contributed by atoms with Crippen molar-refractivity contribution in [3.05, 3.63) is 18.2 Å². The number of carbonyl (C=O) groups is 2. The number of carbonyl (C=O) groups excluding carboxylic acids is 2. The second-order valence-electron chi connectivity index (χ2n) is 5.88. The summed E-state index contributed by atoms with van der Waals surface area (Å²) in [6, 6.07) is 0.202. The van der Waals surface area contributed by atoms with Crippen LogP contribution in [0.2, 0.25) is 0 Å². The number of halogens is 1. The van der Waals surface area contributed by atoms with Gasteiger partial charge in [0.15, 0.2) is 5.82 Å². The molecule has 3 rings (SSSR count). The first-order valence-electron chi connectivity index (χ1n) is 7.92. The van der Waals surface area contributed by atoms with Crippen molar-refractivity contribution in [3.8, 4) is 6.01 Å². The lowest BCUT2D eigenvalue weighted by Gasteiger charge is -2.29. The molecule has 1 N–H and O–H groups in total. The van der Waals surface area contributed by atoms with Crippen molar-refractivity contribution in [1.82, 2.24) is 20.2 Å². The zero-order chi connectivity index (χ0) is 17.8. The molecule has 1 saturated carbocycles. The van der Waals surface area contributed by atoms with Crippen LogP contribution in [0.4, 0.5) is 4.39 Å². The van der Waals surface area contributed by atoms with E-state index in [0.29, 0.717) is 10.1 Å². The van der Waals surface area contributed by atoms with Crippen molar-refractivity contribution < 1.29 is 18.7 Å². The Kier molecular flexibility index (Phi) is 5.79. The molecule has 2 fully saturated rings. The number of ether oxygens (including phenoxy) is 1. The van der Waals surface area contributed by atoms with Crippen molar-refractivity contribution in [1.29, 1.82) is 0 Å². The maximum atomic E-state index is 12.8. The summed E-state index contributed by atoms with van der Waals surface area (Å²) in [5.41, 5.74) is 0. The molecule has 0 radical (unpaired) electrons. The first kappa shape index (κ1) is 18.0. The van der Waals surface area contributed by atoms with Gasteiger partial charge in [-0.15, -0.1) is 0 Å². The number of nitrogens with zero attached hydrogens (tertiary/aromatic N) is 3. The molecule has 0 bridgehead atoms. The van der Waals surface area contributed by atoms with Crippen LogP contribution in [0.15, 0.2) is 12.4 Å². The second-order valence-corrected chi connectivity index (χ2v) is 7.49. The number of amides is 2. The zero-order valence-corrected chi connectivity index (χ0v) is 14.9. The van der Waals surface area contributed by atoms with Gasteiger partial charge >= 0.3 is 6.01 Å². The summed E-state index contributed by atoms with van der Waals surface area (Å²) in [7, 11) is 0. The molecule has 7 nitrogen and oxygen atoms in total. The van der Waals surface area contributed by atoms with E-state index in [9.17, 15) is 14.0 Å². The largest absolute Gasteiger partial charge is 0.460 e. The van der Waals surface area contributed by atoms with Gasteiger partial charge in [-0.1, -0.05) is 24.0 Å². The monoisotopic (exact) mass is 384 g/mol. The Morgan fingerprint density at radius 2 is 2.04 bits per heavy atom. The Labute approximate surface area is 153 Å². The van der Waals surface area contributed by atoms with Crippen molar-refractivity contribution in [2.75, 3.05) is 12.3 Å². The number of nitrogens with one attached hydrogen (secondary N) is 1. The van der Waals surface area contributed by atoms with Crippen LogP contribution in [0.1, 0.15) is 25.7 Å². The summed E-state index contributed by atoms with van der Waals surface area (Å²) in [6.45, 7) is -0.0233. The van der Waals surface area contributed by atoms with Gasteiger partial charge in [-0.25, -0.2) is 14.4 Å². The fraction of sp³-hybridized carbons (Fsp3) is 0.533. The highest BCUT2D eigenvalue weighted by molar-refractivity contribution is 8.23. The molecule has 2 heterocycles. The van der Waals surface area contributed by atoms with Crippen LogP contribution < -0.4 is 10.1 Å². The van der Waals surface area contributed by atoms with Crippen LogP contribution in [0.5, 0.6) is 6.01 Å². The molecule has 2 amide bonds. The van der Waals surface area contributed by atoms with Gasteiger partial charge in [-0.05, 0) is 25.7 Å². The van der Waals surface area contributed by atoms with Gasteiger partial charge in [0.25, 0.3) is 0 Å². The quantitative estimate of drug-likeness (QED) is 0.766. The molecule has 0 aromatic carbocycles. The molecule has 25 heavy (non-hydrogen) atoms. The molecule has 1 aliphatic heterocycles. The summed E-state index contributed by atoms with van der Waals surface area (Å²) in [5, 5.41) is 2.94. The third-order valence-electron chi connectivity index (χ3n) is 4.05. The summed E-state index contributed by atoms with van der Waals surface area (Å²) >= 11 is 6.34. The van der Waals surface area contributed by atoms with E-state index in [-0.39, 0.29) is 36.5 Å². The van der Waals surface area contributed by atoms with E-state index in [1.54, 1.807) is 0 Å². The number of rotatable bonds is 5. The molecule has 134 valence electrons. The fourth-order valence-corrected chi connectivity index (χ4v) is 3.85. The predicted molar refractivity (Wildman–Crippen MR) is 93.6 cm³/mol. The smallest absolute Gasteiger partial charge is 0.316 e. The van der Waals surface area contributed by atoms with Crippen molar-refractivity contribution in [2.45, 2.75) is 37.8 Å². The molecule has 0 atom stereocenters. The lowest BCUT2D eigenvalue weighted by Crippen LogP contribution is -2.45. The molecule has 1 aromatic heterocycles. The lowest BCUT2D eigenvalue weighted by molar-refractivity contribution is -0.130. The Bertz CT molecular complexity index is 649. The van der Waals surface area contributed by atoms with Crippen molar-refractivity contribution >= 4 is 40.1 Å². The summed E-state index contributed by atoms with van der Waals surface area (Å²) < 4.78 is 18.9. The maximum Gasteiger partial charge on any atom is 0.316 e. The van der Waals surface area contributed by atoms with Crippen molar-refractivity contribution in [2.24, 2.45) is 0 Å². The molecule has 1 aromatic rings. The first-order chi connectivity index (χ1) is 12.0. The molecular formula is C15H17FN4O3S2. The molecule has 0 spiro atoms. The Balaban J connectivity index is 1.41. The number of hydrogen-bond donors (Lipinski definition) is 1. The Morgan fingerprint density at radius 1 is 1.36 bits per heavy atom. The van der Waals surface area contributed by atoms with Crippen LogP contribution in [0, 0.1) is 5.82 Å². The molecular weight excluding hydrogens is 367 g/mol. The Morgan fingerprint density at radius 3 is 2.64 bits per heavy atom. The number of thiocarbonyl (C=S) groups is 1. The molecule has 10 heteroatoms. The third-order valence-corrected chi connectivity index (χ3v) is 5.48. The van der Waals surface area contributed by atoms with Gasteiger partial charge in [0, 0.05) is 6.04 Å². The Hall–Kier alpha value is -1.81. The van der Waals surface area contributed by atoms with Crippen LogP contribution >= 0.6 is 24.0 Å². The minimum Gasteiger partial charge on any atom is -0.460 e. The minimum atomic E-state index is -0.506. The minimum absolute atomic E-state index is 0.0233. The van der Waals surface area contributed by atoms with E-state index in [2.05, 4.69) is 15.3 Å². The maximum absolute atomic E-state index is 12.8. The van der Waals surface area contributed by atoms with E-state index in [1.807, 2.05) is 0 Å². The SMILES string of the molecule is O=C(CN1C(=O)CSC1=S)NC1CCC(Oc2ncc(F)cn2)CC1. The van der Waals surface area contributed by atoms with E-state index in [0.717, 1.165) is 38.1 Å². The van der Waals surface area contributed by atoms with Gasteiger partial charge in [0.05, 0.1) is 18.1 Å². The topological polar surface area (TPSA) is 84.4 Å². The second kappa shape index (κ2) is 8.05. The highest BCUT2D eigenvalue weighted by Gasteiger charge is 2.30. The van der Waals surface area contributed by atoms with E-state index in [4.69, 9.17) is 17.0 Å². The van der Waals surface area contributed by atoms with Gasteiger partial charge in [-0.3, -0.25) is 14.5 Å². The highest BCUT2D eigenvalue weighted by atomic mass is 32.2. The molecule has 2 aliphatic rings. The van der Waals surface area contributed by atoms with Crippen LogP contribution in [0.3, 0.4) is 0 Å². The predicted octanol–water partition coefficient (Wildman–Crippen LogP) is 1.28. The zero-order valence-electron chi connectivity index (χ0n) is 13.3. The van der Waals surface area contributed by atoms with Gasteiger partial charge in [0.2, 0.25) is 11.8 Å². The van der Waals surface area contributed by atoms with Gasteiger partial charge < -0.3 is 10.1 Å². The fourth-order valence-electron chi connectivity index (χ4n) is 2.79. The van der Waals surface area contributed by atoms with Gasteiger partial charge in [-0.2, -0.15) is 0 Å². The van der Waals surface area contributed by atoms with E-state index < -0.39 is 5.82 Å². The summed E-state index contributed by atoms with van der Waals surface area (Å²) in [6.07, 6.45) is 5.07. The van der Waals surface area contributed by atoms with E-state index in [1.165, 1.54) is 16.7 Å². The third kappa shape index (κ3) is 4.85.